The molecular formula is C24H19Cl3N4O2. The zero-order valence-corrected chi connectivity index (χ0v) is 19.8. The van der Waals surface area contributed by atoms with Crippen molar-refractivity contribution in [3.05, 3.63) is 86.7 Å². The van der Waals surface area contributed by atoms with Gasteiger partial charge in [0.2, 0.25) is 5.88 Å². The highest BCUT2D eigenvalue weighted by molar-refractivity contribution is 6.42. The number of carbonyl (C=O) groups is 1. The molecule has 1 saturated heterocycles. The summed E-state index contributed by atoms with van der Waals surface area (Å²) >= 11 is 18.3. The number of hydrogen-bond acceptors (Lipinski definition) is 5. The maximum Gasteiger partial charge on any atom is 0.255 e. The minimum atomic E-state index is -0.255. The molecule has 9 heteroatoms. The van der Waals surface area contributed by atoms with Gasteiger partial charge in [-0.3, -0.25) is 4.79 Å². The van der Waals surface area contributed by atoms with Crippen molar-refractivity contribution in [2.24, 2.45) is 5.92 Å². The Morgan fingerprint density at radius 2 is 1.91 bits per heavy atom. The summed E-state index contributed by atoms with van der Waals surface area (Å²) in [6.45, 7) is 2.91. The van der Waals surface area contributed by atoms with E-state index in [2.05, 4.69) is 9.97 Å². The molecule has 1 aromatic carbocycles. The number of pyridine rings is 2. The van der Waals surface area contributed by atoms with E-state index in [1.807, 2.05) is 25.1 Å². The van der Waals surface area contributed by atoms with E-state index < -0.39 is 0 Å². The van der Waals surface area contributed by atoms with Crippen LogP contribution in [0.15, 0.2) is 54.9 Å². The largest absolute Gasteiger partial charge is 0.474 e. The van der Waals surface area contributed by atoms with Gasteiger partial charge in [-0.2, -0.15) is 5.26 Å². The van der Waals surface area contributed by atoms with Gasteiger partial charge in [-0.15, -0.1) is 0 Å². The molecule has 0 radical (unpaired) electrons. The smallest absolute Gasteiger partial charge is 0.255 e. The molecule has 1 aliphatic heterocycles. The third kappa shape index (κ3) is 5.22. The van der Waals surface area contributed by atoms with Crippen molar-refractivity contribution in [2.75, 3.05) is 13.1 Å². The summed E-state index contributed by atoms with van der Waals surface area (Å²) in [6.07, 6.45) is 2.71. The van der Waals surface area contributed by atoms with Gasteiger partial charge in [-0.1, -0.05) is 40.9 Å². The highest BCUT2D eigenvalue weighted by atomic mass is 35.5. The van der Waals surface area contributed by atoms with Crippen molar-refractivity contribution in [1.29, 1.82) is 5.26 Å². The molecule has 0 saturated carbocycles. The van der Waals surface area contributed by atoms with E-state index in [4.69, 9.17) is 44.8 Å². The van der Waals surface area contributed by atoms with Crippen LogP contribution in [0.3, 0.4) is 0 Å². The minimum Gasteiger partial charge on any atom is -0.474 e. The zero-order chi connectivity index (χ0) is 23.5. The van der Waals surface area contributed by atoms with Crippen LogP contribution in [-0.2, 0) is 0 Å². The summed E-state index contributed by atoms with van der Waals surface area (Å²) in [5.41, 5.74) is 1.66. The van der Waals surface area contributed by atoms with Crippen LogP contribution in [0.4, 0.5) is 0 Å². The number of rotatable bonds is 5. The van der Waals surface area contributed by atoms with Crippen molar-refractivity contribution < 1.29 is 9.53 Å². The summed E-state index contributed by atoms with van der Waals surface area (Å²) in [4.78, 5) is 23.2. The summed E-state index contributed by atoms with van der Waals surface area (Å²) in [5.74, 6) is 0.240. The van der Waals surface area contributed by atoms with Crippen LogP contribution < -0.4 is 4.74 Å². The number of benzene rings is 1. The Morgan fingerprint density at radius 1 is 1.09 bits per heavy atom. The summed E-state index contributed by atoms with van der Waals surface area (Å²) in [6, 6.07) is 14.1. The fraction of sp³-hybridized carbons (Fsp3) is 0.250. The molecule has 3 heterocycles. The lowest BCUT2D eigenvalue weighted by atomic mass is 9.86. The van der Waals surface area contributed by atoms with Gasteiger partial charge < -0.3 is 9.64 Å². The van der Waals surface area contributed by atoms with Crippen molar-refractivity contribution >= 4 is 40.7 Å². The Balaban J connectivity index is 1.60. The van der Waals surface area contributed by atoms with Crippen LogP contribution >= 0.6 is 34.8 Å². The molecule has 1 fully saturated rings. The molecule has 3 atom stereocenters. The molecule has 0 bridgehead atoms. The third-order valence-corrected chi connectivity index (χ3v) is 6.72. The van der Waals surface area contributed by atoms with Crippen molar-refractivity contribution in [2.45, 2.75) is 18.9 Å². The number of aromatic nitrogens is 2. The molecule has 0 spiro atoms. The van der Waals surface area contributed by atoms with Gasteiger partial charge in [0.25, 0.3) is 5.91 Å². The van der Waals surface area contributed by atoms with Crippen molar-refractivity contribution in [1.82, 2.24) is 14.9 Å². The fourth-order valence-corrected chi connectivity index (χ4v) is 4.46. The van der Waals surface area contributed by atoms with Crippen LogP contribution in [0.25, 0.3) is 0 Å². The summed E-state index contributed by atoms with van der Waals surface area (Å²) < 4.78 is 6.11. The van der Waals surface area contributed by atoms with Crippen LogP contribution in [-0.4, -0.2) is 40.0 Å². The second-order valence-corrected chi connectivity index (χ2v) is 9.09. The van der Waals surface area contributed by atoms with Crippen LogP contribution in [0, 0.1) is 17.2 Å². The number of nitriles is 1. The molecular weight excluding hydrogens is 483 g/mol. The Labute approximate surface area is 206 Å². The predicted octanol–water partition coefficient (Wildman–Crippen LogP) is 5.63. The van der Waals surface area contributed by atoms with E-state index in [9.17, 15) is 4.79 Å². The lowest BCUT2D eigenvalue weighted by molar-refractivity contribution is 0.0769. The van der Waals surface area contributed by atoms with Crippen molar-refractivity contribution in [3.8, 4) is 11.9 Å². The van der Waals surface area contributed by atoms with Crippen LogP contribution in [0.2, 0.25) is 15.1 Å². The maximum atomic E-state index is 13.2. The highest BCUT2D eigenvalue weighted by Gasteiger charge is 2.40. The Bertz CT molecular complexity index is 1200. The van der Waals surface area contributed by atoms with Gasteiger partial charge >= 0.3 is 0 Å². The molecule has 0 N–H and O–H groups in total. The van der Waals surface area contributed by atoms with Gasteiger partial charge in [-0.25, -0.2) is 9.97 Å². The maximum absolute atomic E-state index is 13.2. The first-order valence-corrected chi connectivity index (χ1v) is 11.4. The number of likely N-dealkylation sites (tertiary alicyclic amines) is 1. The number of carbonyl (C=O) groups excluding carboxylic acids is 1. The standard InChI is InChI=1S/C24H19Cl3N4O2/c1-14(33-23-7-4-17(25)11-30-23)19-12-31(24(32)16-2-5-18(9-28)29-10-16)13-20(19)15-3-6-21(26)22(27)8-15/h2-8,10-11,14,19-20H,12-13H2,1H3/t14-,19+,20+/m0/s1. The Kier molecular flexibility index (Phi) is 7.04. The number of ether oxygens (including phenoxy) is 1. The summed E-state index contributed by atoms with van der Waals surface area (Å²) in [5, 5.41) is 10.4. The normalized spacial score (nSPS) is 18.6. The number of nitrogens with zero attached hydrogens (tertiary/aromatic N) is 4. The van der Waals surface area contributed by atoms with E-state index in [0.29, 0.717) is 39.6 Å². The van der Waals surface area contributed by atoms with E-state index in [-0.39, 0.29) is 29.5 Å². The molecule has 4 rings (SSSR count). The van der Waals surface area contributed by atoms with Gasteiger partial charge in [0.05, 0.1) is 20.6 Å². The predicted molar refractivity (Wildman–Crippen MR) is 127 cm³/mol. The lowest BCUT2D eigenvalue weighted by Crippen LogP contribution is -2.32. The van der Waals surface area contributed by atoms with E-state index in [1.54, 1.807) is 29.2 Å². The van der Waals surface area contributed by atoms with Gasteiger partial charge in [0.1, 0.15) is 17.9 Å². The van der Waals surface area contributed by atoms with Crippen molar-refractivity contribution in [3.63, 3.8) is 0 Å². The fourth-order valence-electron chi connectivity index (χ4n) is 4.05. The summed E-state index contributed by atoms with van der Waals surface area (Å²) in [7, 11) is 0. The average molecular weight is 502 g/mol. The molecule has 168 valence electrons. The molecule has 33 heavy (non-hydrogen) atoms. The quantitative estimate of drug-likeness (QED) is 0.452. The highest BCUT2D eigenvalue weighted by Crippen LogP contribution is 2.38. The number of amides is 1. The monoisotopic (exact) mass is 500 g/mol. The minimum absolute atomic E-state index is 0.0302. The number of halogens is 3. The second-order valence-electron chi connectivity index (χ2n) is 7.84. The number of hydrogen-bond donors (Lipinski definition) is 0. The SMILES string of the molecule is C[C@H](Oc1ccc(Cl)cn1)[C@H]1CN(C(=O)c2ccc(C#N)nc2)C[C@@H]1c1ccc(Cl)c(Cl)c1. The topological polar surface area (TPSA) is 79.1 Å². The van der Waals surface area contributed by atoms with Crippen LogP contribution in [0.5, 0.6) is 5.88 Å². The first kappa shape index (κ1) is 23.3. The Hall–Kier alpha value is -2.85. The third-order valence-electron chi connectivity index (χ3n) is 5.76. The first-order valence-electron chi connectivity index (χ1n) is 10.2. The average Bonchev–Trinajstić information content (AvgIpc) is 3.27. The molecule has 2 aromatic heterocycles. The lowest BCUT2D eigenvalue weighted by Gasteiger charge is -2.25. The van der Waals surface area contributed by atoms with Gasteiger partial charge in [0.15, 0.2) is 0 Å². The van der Waals surface area contributed by atoms with Crippen LogP contribution in [0.1, 0.15) is 34.5 Å². The molecule has 1 amide bonds. The first-order chi connectivity index (χ1) is 15.9. The molecule has 0 unspecified atom stereocenters. The van der Waals surface area contributed by atoms with E-state index in [0.717, 1.165) is 5.56 Å². The Morgan fingerprint density at radius 3 is 2.55 bits per heavy atom. The molecule has 0 aliphatic carbocycles. The van der Waals surface area contributed by atoms with E-state index >= 15 is 0 Å². The van der Waals surface area contributed by atoms with Gasteiger partial charge in [-0.05, 0) is 42.8 Å². The second kappa shape index (κ2) is 9.96. The molecule has 3 aromatic rings. The molecule has 6 nitrogen and oxygen atoms in total. The zero-order valence-electron chi connectivity index (χ0n) is 17.6. The van der Waals surface area contributed by atoms with E-state index in [1.165, 1.54) is 18.5 Å². The molecule has 1 aliphatic rings. The van der Waals surface area contributed by atoms with Gasteiger partial charge in [0, 0.05) is 43.4 Å².